The van der Waals surface area contributed by atoms with Crippen molar-refractivity contribution in [1.29, 1.82) is 0 Å². The first kappa shape index (κ1) is 58.4. The van der Waals surface area contributed by atoms with Crippen LogP contribution >= 0.6 is 0 Å². The van der Waals surface area contributed by atoms with Gasteiger partial charge in [0.05, 0.1) is 13.2 Å². The van der Waals surface area contributed by atoms with Crippen LogP contribution in [0.3, 0.4) is 0 Å². The largest absolute Gasteiger partial charge is 0.457 e. The van der Waals surface area contributed by atoms with Gasteiger partial charge in [0.15, 0.2) is 0 Å². The zero-order valence-electron chi connectivity index (χ0n) is 40.8. The van der Waals surface area contributed by atoms with Crippen molar-refractivity contribution in [3.8, 4) is 0 Å². The topological polar surface area (TPSA) is 55.8 Å². The number of aliphatic hydroxyl groups is 1. The van der Waals surface area contributed by atoms with Crippen LogP contribution in [0, 0.1) is 0 Å². The van der Waals surface area contributed by atoms with E-state index in [1.54, 1.807) is 0 Å². The van der Waals surface area contributed by atoms with Gasteiger partial charge in [-0.1, -0.05) is 303 Å². The third kappa shape index (κ3) is 51.6. The van der Waals surface area contributed by atoms with Gasteiger partial charge < -0.3 is 14.6 Å². The van der Waals surface area contributed by atoms with E-state index < -0.39 is 6.10 Å². The minimum atomic E-state index is -0.526. The van der Waals surface area contributed by atoms with E-state index in [1.165, 1.54) is 283 Å². The van der Waals surface area contributed by atoms with Gasteiger partial charge in [0.1, 0.15) is 6.10 Å². The van der Waals surface area contributed by atoms with Crippen molar-refractivity contribution in [2.24, 2.45) is 0 Å². The summed E-state index contributed by atoms with van der Waals surface area (Å²) in [7, 11) is 0. The molecule has 0 spiro atoms. The molecule has 0 bridgehead atoms. The molecule has 0 aliphatic heterocycles. The van der Waals surface area contributed by atoms with Gasteiger partial charge in [-0.25, -0.2) is 0 Å². The molecular formula is C55H110O4. The number of ether oxygens (including phenoxy) is 2. The van der Waals surface area contributed by atoms with Crippen molar-refractivity contribution in [2.75, 3.05) is 19.8 Å². The summed E-state index contributed by atoms with van der Waals surface area (Å²) in [5.41, 5.74) is 0. The van der Waals surface area contributed by atoms with Crippen LogP contribution in [0.1, 0.15) is 322 Å². The predicted octanol–water partition coefficient (Wildman–Crippen LogP) is 18.7. The average Bonchev–Trinajstić information content (AvgIpc) is 3.24. The summed E-state index contributed by atoms with van der Waals surface area (Å²) in [6, 6.07) is 0. The molecule has 0 amide bonds. The average molecular weight is 835 g/mol. The van der Waals surface area contributed by atoms with Gasteiger partial charge >= 0.3 is 5.97 Å². The van der Waals surface area contributed by atoms with Gasteiger partial charge in [-0.05, 0) is 12.8 Å². The molecule has 0 aliphatic carbocycles. The van der Waals surface area contributed by atoms with Crippen LogP contribution in [-0.2, 0) is 14.3 Å². The van der Waals surface area contributed by atoms with Crippen LogP contribution in [0.4, 0.5) is 0 Å². The zero-order chi connectivity index (χ0) is 42.6. The van der Waals surface area contributed by atoms with Crippen molar-refractivity contribution in [2.45, 2.75) is 328 Å². The van der Waals surface area contributed by atoms with Crippen LogP contribution in [0.2, 0.25) is 0 Å². The first-order chi connectivity index (χ1) is 29.2. The summed E-state index contributed by atoms with van der Waals surface area (Å²) < 4.78 is 11.2. The van der Waals surface area contributed by atoms with Gasteiger partial charge in [0.25, 0.3) is 0 Å². The maximum Gasteiger partial charge on any atom is 0.306 e. The lowest BCUT2D eigenvalue weighted by Gasteiger charge is -2.16. The summed E-state index contributed by atoms with van der Waals surface area (Å²) in [5.74, 6) is -0.189. The molecule has 0 aromatic rings. The van der Waals surface area contributed by atoms with Gasteiger partial charge in [-0.15, -0.1) is 0 Å². The normalized spacial score (nSPS) is 12.1. The summed E-state index contributed by atoms with van der Waals surface area (Å²) in [5, 5.41) is 9.67. The summed E-state index contributed by atoms with van der Waals surface area (Å²) in [6.07, 6.45) is 65.1. The van der Waals surface area contributed by atoms with Crippen LogP contribution in [-0.4, -0.2) is 37.0 Å². The molecular weight excluding hydrogens is 725 g/mol. The van der Waals surface area contributed by atoms with Crippen molar-refractivity contribution in [3.63, 3.8) is 0 Å². The molecule has 0 saturated carbocycles. The van der Waals surface area contributed by atoms with E-state index in [9.17, 15) is 9.90 Å². The quantitative estimate of drug-likeness (QED) is 0.0490. The van der Waals surface area contributed by atoms with Crippen LogP contribution < -0.4 is 0 Å². The first-order valence-corrected chi connectivity index (χ1v) is 27.6. The number of esters is 1. The molecule has 0 aromatic heterocycles. The Morgan fingerprint density at radius 3 is 0.797 bits per heavy atom. The molecule has 0 aromatic carbocycles. The monoisotopic (exact) mass is 835 g/mol. The fourth-order valence-corrected chi connectivity index (χ4v) is 8.80. The molecule has 1 unspecified atom stereocenters. The second-order valence-electron chi connectivity index (χ2n) is 19.0. The number of carbonyl (C=O) groups excluding carboxylic acids is 1. The zero-order valence-corrected chi connectivity index (χ0v) is 40.8. The molecule has 0 radical (unpaired) electrons. The van der Waals surface area contributed by atoms with E-state index in [0.29, 0.717) is 19.6 Å². The fraction of sp³-hybridized carbons (Fsp3) is 0.982. The highest BCUT2D eigenvalue weighted by molar-refractivity contribution is 5.69. The molecule has 59 heavy (non-hydrogen) atoms. The van der Waals surface area contributed by atoms with Gasteiger partial charge in [-0.3, -0.25) is 4.79 Å². The summed E-state index contributed by atoms with van der Waals surface area (Å²) >= 11 is 0. The maximum atomic E-state index is 12.3. The van der Waals surface area contributed by atoms with Gasteiger partial charge in [-0.2, -0.15) is 0 Å². The lowest BCUT2D eigenvalue weighted by molar-refractivity contribution is -0.154. The molecule has 0 aliphatic rings. The highest BCUT2D eigenvalue weighted by atomic mass is 16.6. The van der Waals surface area contributed by atoms with Crippen LogP contribution in [0.15, 0.2) is 0 Å². The van der Waals surface area contributed by atoms with Crippen LogP contribution in [0.5, 0.6) is 0 Å². The molecule has 0 fully saturated rings. The second kappa shape index (κ2) is 53.5. The number of rotatable bonds is 53. The van der Waals surface area contributed by atoms with E-state index in [4.69, 9.17) is 9.47 Å². The van der Waals surface area contributed by atoms with Crippen LogP contribution in [0.25, 0.3) is 0 Å². The minimum Gasteiger partial charge on any atom is -0.457 e. The molecule has 354 valence electrons. The smallest absolute Gasteiger partial charge is 0.306 e. The number of hydrogen-bond donors (Lipinski definition) is 1. The molecule has 0 rings (SSSR count). The predicted molar refractivity (Wildman–Crippen MR) is 261 cm³/mol. The Balaban J connectivity index is 3.31. The second-order valence-corrected chi connectivity index (χ2v) is 19.0. The SMILES string of the molecule is CCCCCCCCCCCCCCCCCCCCCCCCCCCCOCC(CO)OC(=O)CCCCCCCCCCCCCCCCCCCCCCC. The van der Waals surface area contributed by atoms with E-state index in [2.05, 4.69) is 13.8 Å². The van der Waals surface area contributed by atoms with Crippen molar-refractivity contribution in [3.05, 3.63) is 0 Å². The summed E-state index contributed by atoms with van der Waals surface area (Å²) in [4.78, 5) is 12.3. The molecule has 1 N–H and O–H groups in total. The number of unbranched alkanes of at least 4 members (excludes halogenated alkanes) is 45. The lowest BCUT2D eigenvalue weighted by atomic mass is 10.0. The molecule has 0 saturated heterocycles. The molecule has 1 atom stereocenters. The summed E-state index contributed by atoms with van der Waals surface area (Å²) in [6.45, 7) is 5.43. The maximum absolute atomic E-state index is 12.3. The Morgan fingerprint density at radius 2 is 0.559 bits per heavy atom. The Labute approximate surface area is 372 Å². The Kier molecular flexibility index (Phi) is 53.0. The third-order valence-electron chi connectivity index (χ3n) is 12.9. The molecule has 4 nitrogen and oxygen atoms in total. The highest BCUT2D eigenvalue weighted by Gasteiger charge is 2.13. The van der Waals surface area contributed by atoms with E-state index in [-0.39, 0.29) is 12.6 Å². The standard InChI is InChI=1S/C55H110O4/c1-3-5-7-9-11-13-15-17-19-21-23-25-26-27-28-29-31-33-35-37-39-41-43-45-47-49-51-58-53-54(52-56)59-55(57)50-48-46-44-42-40-38-36-34-32-30-24-22-20-18-16-14-12-10-8-6-4-2/h54,56H,3-53H2,1-2H3. The van der Waals surface area contributed by atoms with Crippen molar-refractivity contribution >= 4 is 5.97 Å². The van der Waals surface area contributed by atoms with Gasteiger partial charge in [0, 0.05) is 13.0 Å². The number of hydrogen-bond acceptors (Lipinski definition) is 4. The lowest BCUT2D eigenvalue weighted by Crippen LogP contribution is -2.27. The number of aliphatic hydroxyl groups excluding tert-OH is 1. The first-order valence-electron chi connectivity index (χ1n) is 27.6. The highest BCUT2D eigenvalue weighted by Crippen LogP contribution is 2.18. The Morgan fingerprint density at radius 1 is 0.339 bits per heavy atom. The van der Waals surface area contributed by atoms with Crippen molar-refractivity contribution in [1.82, 2.24) is 0 Å². The third-order valence-corrected chi connectivity index (χ3v) is 12.9. The van der Waals surface area contributed by atoms with Gasteiger partial charge in [0.2, 0.25) is 0 Å². The molecule has 0 heterocycles. The number of carbonyl (C=O) groups is 1. The fourth-order valence-electron chi connectivity index (χ4n) is 8.80. The van der Waals surface area contributed by atoms with E-state index in [0.717, 1.165) is 19.3 Å². The van der Waals surface area contributed by atoms with E-state index in [1.807, 2.05) is 0 Å². The minimum absolute atomic E-state index is 0.162. The van der Waals surface area contributed by atoms with Crippen molar-refractivity contribution < 1.29 is 19.4 Å². The van der Waals surface area contributed by atoms with E-state index >= 15 is 0 Å². The Bertz CT molecular complexity index is 755. The Hall–Kier alpha value is -0.610. The molecule has 4 heteroatoms.